The van der Waals surface area contributed by atoms with E-state index in [1.54, 1.807) is 18.2 Å². The highest BCUT2D eigenvalue weighted by molar-refractivity contribution is 6.67. The van der Waals surface area contributed by atoms with Crippen molar-refractivity contribution < 1.29 is 32.2 Å². The number of methoxy groups -OCH3 is 1. The fourth-order valence-corrected chi connectivity index (χ4v) is 4.37. The Morgan fingerprint density at radius 1 is 1.05 bits per heavy atom. The third-order valence-electron chi connectivity index (χ3n) is 5.66. The molecule has 1 aliphatic rings. The van der Waals surface area contributed by atoms with Crippen LogP contribution in [-0.4, -0.2) is 60.0 Å². The molecule has 0 spiro atoms. The van der Waals surface area contributed by atoms with Crippen LogP contribution in [0.25, 0.3) is 0 Å². The van der Waals surface area contributed by atoms with Gasteiger partial charge in [-0.2, -0.15) is 13.2 Å². The van der Waals surface area contributed by atoms with Crippen LogP contribution in [0.5, 0.6) is 5.75 Å². The summed E-state index contributed by atoms with van der Waals surface area (Å²) in [6.07, 6.45) is -5.44. The second-order valence-electron chi connectivity index (χ2n) is 8.18. The number of halogens is 8. The molecule has 0 unspecified atom stereocenters. The van der Waals surface area contributed by atoms with Crippen LogP contribution in [0, 0.1) is 0 Å². The van der Waals surface area contributed by atoms with E-state index in [1.807, 2.05) is 0 Å². The molecule has 0 aliphatic carbocycles. The molecule has 2 aromatic carbocycles. The van der Waals surface area contributed by atoms with Gasteiger partial charge in [-0.3, -0.25) is 4.79 Å². The Labute approximate surface area is 235 Å². The lowest BCUT2D eigenvalue weighted by atomic mass is 9.94. The van der Waals surface area contributed by atoms with Gasteiger partial charge in [-0.1, -0.05) is 64.1 Å². The van der Waals surface area contributed by atoms with E-state index >= 15 is 0 Å². The zero-order valence-electron chi connectivity index (χ0n) is 19.1. The lowest BCUT2D eigenvalue weighted by Gasteiger charge is -2.20. The number of carbonyl (C=O) groups is 2. The molecule has 37 heavy (non-hydrogen) atoms. The molecule has 6 nitrogen and oxygen atoms in total. The summed E-state index contributed by atoms with van der Waals surface area (Å²) in [5.74, 6) is -1.33. The topological polar surface area (TPSA) is 67.9 Å². The fourth-order valence-electron chi connectivity index (χ4n) is 3.90. The molecule has 0 radical (unpaired) electrons. The molecule has 1 saturated heterocycles. The molecule has 2 atom stereocenters. The zero-order valence-corrected chi connectivity index (χ0v) is 22.8. The van der Waals surface area contributed by atoms with Gasteiger partial charge in [0.2, 0.25) is 3.79 Å². The first-order valence-electron chi connectivity index (χ1n) is 10.6. The first-order valence-corrected chi connectivity index (χ1v) is 12.5. The van der Waals surface area contributed by atoms with Gasteiger partial charge in [-0.25, -0.2) is 4.79 Å². The summed E-state index contributed by atoms with van der Waals surface area (Å²) >= 11 is 29.1. The van der Waals surface area contributed by atoms with Crippen LogP contribution in [-0.2, 0) is 10.9 Å². The summed E-state index contributed by atoms with van der Waals surface area (Å²) in [5, 5.41) is 3.67. The van der Waals surface area contributed by atoms with Gasteiger partial charge in [-0.15, -0.1) is 0 Å². The van der Waals surface area contributed by atoms with Crippen LogP contribution in [0.3, 0.4) is 0 Å². The summed E-state index contributed by atoms with van der Waals surface area (Å²) in [7, 11) is 1.11. The first kappa shape index (κ1) is 29.9. The number of nitrogens with zero attached hydrogens (tertiary/aromatic N) is 1. The van der Waals surface area contributed by atoms with E-state index < -0.39 is 45.8 Å². The van der Waals surface area contributed by atoms with Gasteiger partial charge in [0.15, 0.2) is 5.78 Å². The predicted octanol–water partition coefficient (Wildman–Crippen LogP) is 6.77. The lowest BCUT2D eigenvalue weighted by molar-refractivity contribution is -0.138. The van der Waals surface area contributed by atoms with Gasteiger partial charge in [-0.05, 0) is 35.9 Å². The number of Topliss-reactive ketones (excluding diaryl/α,β-unsaturated/α-hetero) is 1. The number of ketones is 1. The molecular weight excluding hydrogens is 603 g/mol. The molecule has 1 N–H and O–H groups in total. The number of rotatable bonds is 7. The minimum absolute atomic E-state index is 0.104. The maximum Gasteiger partial charge on any atom is 0.419 e. The summed E-state index contributed by atoms with van der Waals surface area (Å²) in [6.45, 7) is -0.500. The Bertz CT molecular complexity index is 1160. The largest absolute Gasteiger partial charge is 0.496 e. The molecule has 3 rings (SSSR count). The number of hydrogen-bond donors (Lipinski definition) is 1. The van der Waals surface area contributed by atoms with E-state index in [0.29, 0.717) is 10.0 Å². The zero-order chi connectivity index (χ0) is 27.5. The van der Waals surface area contributed by atoms with Crippen molar-refractivity contribution in [2.75, 3.05) is 33.4 Å². The standard InChI is InChI=1S/C23H20Cl5F3N2O4/c1-36-20-5-3-13(6-15(20)23(29,30)31)19(34)8-32-18-10-33(21(35)37-11-22(26,27)28)9-14(18)12-2-4-16(24)17(25)7-12/h2-7,14,18,32H,8-11H2,1H3/t14-,18+/m0/s1. The van der Waals surface area contributed by atoms with Crippen molar-refractivity contribution in [1.29, 1.82) is 0 Å². The number of amides is 1. The highest BCUT2D eigenvalue weighted by Crippen LogP contribution is 2.37. The molecule has 2 aromatic rings. The van der Waals surface area contributed by atoms with Crippen LogP contribution in [0.1, 0.15) is 27.4 Å². The molecule has 1 heterocycles. The monoisotopic (exact) mass is 620 g/mol. The van der Waals surface area contributed by atoms with E-state index in [1.165, 1.54) is 11.0 Å². The van der Waals surface area contributed by atoms with Gasteiger partial charge in [0.1, 0.15) is 12.4 Å². The fraction of sp³-hybridized carbons (Fsp3) is 0.391. The average Bonchev–Trinajstić information content (AvgIpc) is 3.25. The van der Waals surface area contributed by atoms with Crippen molar-refractivity contribution in [3.05, 3.63) is 63.1 Å². The molecule has 0 saturated carbocycles. The van der Waals surface area contributed by atoms with Gasteiger partial charge in [0, 0.05) is 30.6 Å². The van der Waals surface area contributed by atoms with Crippen LogP contribution in [0.4, 0.5) is 18.0 Å². The van der Waals surface area contributed by atoms with Crippen molar-refractivity contribution in [1.82, 2.24) is 10.2 Å². The predicted molar refractivity (Wildman–Crippen MR) is 137 cm³/mol. The smallest absolute Gasteiger partial charge is 0.419 e. The summed E-state index contributed by atoms with van der Waals surface area (Å²) < 4.78 is 48.1. The van der Waals surface area contributed by atoms with Gasteiger partial charge >= 0.3 is 12.3 Å². The molecule has 14 heteroatoms. The second kappa shape index (κ2) is 12.1. The molecular formula is C23H20Cl5F3N2O4. The van der Waals surface area contributed by atoms with Gasteiger partial charge in [0.25, 0.3) is 0 Å². The number of likely N-dealkylation sites (tertiary alicyclic amines) is 1. The maximum atomic E-state index is 13.4. The summed E-state index contributed by atoms with van der Waals surface area (Å²) in [5.41, 5.74) is -0.484. The Balaban J connectivity index is 1.78. The van der Waals surface area contributed by atoms with Gasteiger partial charge in [0.05, 0.1) is 29.3 Å². The first-order chi connectivity index (χ1) is 17.2. The van der Waals surface area contributed by atoms with Crippen molar-refractivity contribution in [2.45, 2.75) is 21.9 Å². The van der Waals surface area contributed by atoms with Crippen molar-refractivity contribution >= 4 is 69.9 Å². The third kappa shape index (κ3) is 7.94. The lowest BCUT2D eigenvalue weighted by Crippen LogP contribution is -2.40. The highest BCUT2D eigenvalue weighted by Gasteiger charge is 2.38. The normalized spacial score (nSPS) is 18.1. The number of alkyl halides is 6. The molecule has 1 aliphatic heterocycles. The second-order valence-corrected chi connectivity index (χ2v) is 11.5. The Morgan fingerprint density at radius 2 is 1.76 bits per heavy atom. The van der Waals surface area contributed by atoms with Crippen molar-refractivity contribution in [3.8, 4) is 5.75 Å². The Kier molecular flexibility index (Phi) is 9.75. The minimum atomic E-state index is -4.70. The van der Waals surface area contributed by atoms with Crippen molar-refractivity contribution in [3.63, 3.8) is 0 Å². The molecule has 1 fully saturated rings. The average molecular weight is 623 g/mol. The van der Waals surface area contributed by atoms with E-state index in [4.69, 9.17) is 67.5 Å². The quantitative estimate of drug-likeness (QED) is 0.273. The van der Waals surface area contributed by atoms with E-state index in [2.05, 4.69) is 5.32 Å². The number of nitrogens with one attached hydrogen (secondary N) is 1. The van der Waals surface area contributed by atoms with Crippen LogP contribution in [0.15, 0.2) is 36.4 Å². The molecule has 0 bridgehead atoms. The van der Waals surface area contributed by atoms with Crippen LogP contribution < -0.4 is 10.1 Å². The van der Waals surface area contributed by atoms with E-state index in [0.717, 1.165) is 24.8 Å². The van der Waals surface area contributed by atoms with Crippen molar-refractivity contribution in [2.24, 2.45) is 0 Å². The summed E-state index contributed by atoms with van der Waals surface area (Å²) in [4.78, 5) is 26.7. The Hall–Kier alpha value is -1.62. The van der Waals surface area contributed by atoms with Crippen LogP contribution in [0.2, 0.25) is 10.0 Å². The SMILES string of the molecule is COc1ccc(C(=O)CN[C@@H]2CN(C(=O)OCC(Cl)(Cl)Cl)C[C@H]2c2ccc(Cl)c(Cl)c2)cc1C(F)(F)F. The number of ether oxygens (including phenoxy) is 2. The van der Waals surface area contributed by atoms with Crippen LogP contribution >= 0.6 is 58.0 Å². The maximum absolute atomic E-state index is 13.4. The highest BCUT2D eigenvalue weighted by atomic mass is 35.6. The Morgan fingerprint density at radius 3 is 2.35 bits per heavy atom. The van der Waals surface area contributed by atoms with Gasteiger partial charge < -0.3 is 19.7 Å². The van der Waals surface area contributed by atoms with E-state index in [-0.39, 0.29) is 31.1 Å². The molecule has 1 amide bonds. The molecule has 0 aromatic heterocycles. The number of benzene rings is 2. The van der Waals surface area contributed by atoms with E-state index in [9.17, 15) is 22.8 Å². The number of hydrogen-bond acceptors (Lipinski definition) is 5. The summed E-state index contributed by atoms with van der Waals surface area (Å²) in [6, 6.07) is 7.57. The molecule has 202 valence electrons. The third-order valence-corrected chi connectivity index (χ3v) is 6.73. The minimum Gasteiger partial charge on any atom is -0.496 e. The number of carbonyl (C=O) groups excluding carboxylic acids is 2.